The van der Waals surface area contributed by atoms with Crippen molar-refractivity contribution in [3.8, 4) is 0 Å². The van der Waals surface area contributed by atoms with E-state index >= 15 is 0 Å². The lowest BCUT2D eigenvalue weighted by Crippen LogP contribution is -2.44. The highest BCUT2D eigenvalue weighted by atomic mass is 32.1. The van der Waals surface area contributed by atoms with Crippen molar-refractivity contribution in [3.63, 3.8) is 0 Å². The number of hydrogen-bond donors (Lipinski definition) is 5. The Morgan fingerprint density at radius 1 is 0.460 bits per heavy atom. The monoisotopic (exact) mass is 1780 g/mol. The van der Waals surface area contributed by atoms with Gasteiger partial charge in [0.05, 0.1) is 55.1 Å². The number of halogens is 4. The third-order valence-corrected chi connectivity index (χ3v) is 22.8. The first-order chi connectivity index (χ1) is 58.9. The molecule has 0 radical (unpaired) electrons. The van der Waals surface area contributed by atoms with Crippen LogP contribution in [0.25, 0.3) is 0 Å². The molecular formula is C89H98F4N12O15S4. The molecule has 1 fully saturated rings. The zero-order chi connectivity index (χ0) is 90.1. The summed E-state index contributed by atoms with van der Waals surface area (Å²) in [4.78, 5) is 129. The minimum Gasteiger partial charge on any atom is -0.481 e. The fourth-order valence-electron chi connectivity index (χ4n) is 14.3. The molecule has 5 aliphatic rings. The van der Waals surface area contributed by atoms with Crippen LogP contribution in [0.3, 0.4) is 0 Å². The Labute approximate surface area is 731 Å². The van der Waals surface area contributed by atoms with Gasteiger partial charge in [0, 0.05) is 88.7 Å². The van der Waals surface area contributed by atoms with Crippen molar-refractivity contribution >= 4 is 110 Å². The average Bonchev–Trinajstić information content (AvgIpc) is 1.43. The van der Waals surface area contributed by atoms with Crippen LogP contribution in [0.5, 0.6) is 0 Å². The molecule has 9 heterocycles. The topological polar surface area (TPSA) is 356 Å². The van der Waals surface area contributed by atoms with Crippen LogP contribution in [0.15, 0.2) is 208 Å². The minimum atomic E-state index is -1.42. The molecule has 5 aliphatic heterocycles. The third-order valence-electron chi connectivity index (χ3n) is 19.7. The third kappa shape index (κ3) is 22.6. The Morgan fingerprint density at radius 2 is 0.774 bits per heavy atom. The van der Waals surface area contributed by atoms with Crippen LogP contribution < -0.4 is 16.0 Å². The van der Waals surface area contributed by atoms with Crippen LogP contribution in [0.2, 0.25) is 0 Å². The molecule has 4 atom stereocenters. The van der Waals surface area contributed by atoms with Gasteiger partial charge >= 0.3 is 41.8 Å². The smallest absolute Gasteiger partial charge is 0.338 e. The van der Waals surface area contributed by atoms with Gasteiger partial charge in [0.2, 0.25) is 0 Å². The number of ether oxygens (including phenoxy) is 6. The van der Waals surface area contributed by atoms with Crippen molar-refractivity contribution in [2.75, 3.05) is 39.6 Å². The second-order valence-corrected chi connectivity index (χ2v) is 34.5. The number of aromatic nitrogens is 4. The molecule has 0 saturated carbocycles. The number of carbonyl (C=O) groups excluding carboxylic acids is 6. The normalized spacial score (nSPS) is 19.2. The maximum Gasteiger partial charge on any atom is 0.338 e. The maximum absolute atomic E-state index is 13.9. The molecule has 0 spiro atoms. The first kappa shape index (κ1) is 94.5. The molecule has 1 saturated heterocycles. The zero-order valence-corrected chi connectivity index (χ0v) is 74.3. The summed E-state index contributed by atoms with van der Waals surface area (Å²) in [6.45, 7) is 25.6. The van der Waals surface area contributed by atoms with Crippen molar-refractivity contribution < 1.29 is 89.8 Å². The molecule has 4 unspecified atom stereocenters. The number of thiazole rings is 4. The van der Waals surface area contributed by atoms with Crippen LogP contribution in [0.4, 0.5) is 17.6 Å². The second kappa shape index (κ2) is 41.1. The first-order valence-electron chi connectivity index (χ1n) is 40.0. The van der Waals surface area contributed by atoms with Gasteiger partial charge in [-0.15, -0.1) is 45.3 Å². The largest absolute Gasteiger partial charge is 0.481 e. The van der Waals surface area contributed by atoms with Crippen molar-refractivity contribution in [2.45, 2.75) is 175 Å². The Balaban J connectivity index is 0.000000175. The number of fused-ring (bicyclic) bond motifs is 1. The van der Waals surface area contributed by atoms with E-state index in [0.717, 1.165) is 41.5 Å². The van der Waals surface area contributed by atoms with Gasteiger partial charge in [0.25, 0.3) is 0 Å². The number of carboxylic acids is 1. The number of rotatable bonds is 26. The maximum atomic E-state index is 13.9. The lowest BCUT2D eigenvalue weighted by molar-refractivity contribution is -0.174. The van der Waals surface area contributed by atoms with Gasteiger partial charge in [-0.3, -0.25) is 14.4 Å². The fraction of sp³-hybridized carbons (Fsp3) is 0.382. The van der Waals surface area contributed by atoms with E-state index in [4.69, 9.17) is 53.5 Å². The van der Waals surface area contributed by atoms with Crippen molar-refractivity contribution in [1.29, 1.82) is 0 Å². The van der Waals surface area contributed by atoms with E-state index in [2.05, 4.69) is 40.8 Å². The summed E-state index contributed by atoms with van der Waals surface area (Å²) in [5.74, 6) is -5.72. The van der Waals surface area contributed by atoms with Crippen molar-refractivity contribution in [1.82, 2.24) is 40.8 Å². The standard InChI is InChI=1S/C29H36FN3O6S.C20H20FN3O4S.C20H22FN3O3S.C20H20FN3O2S/c1-9-37-26(36)21-20(16-19(24(34)38-27(2,3)4)25(35)39-28(5,6)7)32-22(23-31-14-15-40-23)33-29(21,8)17-10-12-18(30)13-11-17;1-3-28-19(27)16-14(8-9-15(25)26)23-17(18-22-10-11-29-18)24-20(16,2)12-4-6-13(21)7-5-12;1-3-27-19(26)16-15(5-4-11-25)23-17(18-22-10-12-28-18)24-20(16,2)13-6-8-14(21)9-7-13;1-3-26-19(25)16-15-5-4-11-24(15)17(18-22-10-12-27-18)23-20(16,2)13-6-8-14(21)9-7-13/h10-15,19H,9,16H2,1-8H3,(H,32,33);4-7,10-11H,3,8-9H2,1-2H3,(H,23,24)(H,25,26);6-10,12,25H,3-5,11H2,1-2H3,(H,23,24);6-10,12H,3-5,11H2,1-2H3. The number of carboxylic acid groups (broad SMARTS) is 1. The van der Waals surface area contributed by atoms with Crippen LogP contribution in [-0.2, 0) is 84.1 Å². The number of nitrogens with one attached hydrogen (secondary N) is 3. The number of carbonyl (C=O) groups is 7. The fourth-order valence-corrected chi connectivity index (χ4v) is 16.7. The molecule has 5 N–H and O–H groups in total. The van der Waals surface area contributed by atoms with Gasteiger partial charge < -0.3 is 59.5 Å². The summed E-state index contributed by atoms with van der Waals surface area (Å²) in [6.07, 6.45) is 8.88. The SMILES string of the molecule is CCOC(=O)C1=C(CC(C(=O)OC(C)(C)C)C(=O)OC(C)(C)C)NC(c2nccs2)=NC1(C)c1ccc(F)cc1.CCOC(=O)C1=C(CCC(=O)O)NC(c2nccs2)=NC1(C)c1ccc(F)cc1.CCOC(=O)C1=C(CCCO)NC(c2nccs2)=NC1(C)c1ccc(F)cc1.CCOC(=O)C1=C2CCCN2C(c2nccs2)=NC1(C)c1ccc(F)cc1. The van der Waals surface area contributed by atoms with Gasteiger partial charge in [-0.1, -0.05) is 48.5 Å². The number of esters is 6. The Hall–Kier alpha value is -11.8. The van der Waals surface area contributed by atoms with E-state index in [1.165, 1.54) is 106 Å². The number of nitrogens with zero attached hydrogens (tertiary/aromatic N) is 9. The second-order valence-electron chi connectivity index (χ2n) is 30.9. The summed E-state index contributed by atoms with van der Waals surface area (Å²) in [5.41, 5.74) is -0.588. The van der Waals surface area contributed by atoms with Gasteiger partial charge in [-0.2, -0.15) is 0 Å². The molecule has 4 aromatic carbocycles. The van der Waals surface area contributed by atoms with Crippen LogP contribution >= 0.6 is 45.3 Å². The Kier molecular flexibility index (Phi) is 31.3. The average molecular weight is 1780 g/mol. The Morgan fingerprint density at radius 3 is 1.09 bits per heavy atom. The molecule has 13 rings (SSSR count). The first-order valence-corrected chi connectivity index (χ1v) is 43.5. The Bertz CT molecular complexity index is 5390. The number of aliphatic imine (C=N–C) groups is 4. The molecule has 35 heteroatoms. The van der Waals surface area contributed by atoms with E-state index in [-0.39, 0.29) is 86.7 Å². The molecule has 0 aliphatic carbocycles. The number of amidine groups is 4. The number of hydrogen-bond acceptors (Lipinski definition) is 30. The quantitative estimate of drug-likeness (QED) is 0.0145. The molecule has 0 bridgehead atoms. The summed E-state index contributed by atoms with van der Waals surface area (Å²) >= 11 is 5.60. The molecule has 124 heavy (non-hydrogen) atoms. The van der Waals surface area contributed by atoms with E-state index in [0.29, 0.717) is 84.6 Å². The minimum absolute atomic E-state index is 0.0156. The highest BCUT2D eigenvalue weighted by molar-refractivity contribution is 7.12. The lowest BCUT2D eigenvalue weighted by Gasteiger charge is -2.38. The number of aliphatic hydroxyl groups excluding tert-OH is 1. The summed E-state index contributed by atoms with van der Waals surface area (Å²) in [6, 6.07) is 23.4. The molecule has 4 aromatic heterocycles. The number of aliphatic carboxylic acids is 1. The van der Waals surface area contributed by atoms with Crippen molar-refractivity contribution in [2.24, 2.45) is 25.9 Å². The number of aliphatic hydroxyl groups is 1. The molecule has 27 nitrogen and oxygen atoms in total. The highest BCUT2D eigenvalue weighted by Gasteiger charge is 2.50. The summed E-state index contributed by atoms with van der Waals surface area (Å²) in [5, 5.41) is 37.8. The molecule has 0 amide bonds. The molecule has 656 valence electrons. The molecule has 8 aromatic rings. The number of benzene rings is 4. The van der Waals surface area contributed by atoms with Gasteiger partial charge in [0.15, 0.2) is 49.3 Å². The zero-order valence-electron chi connectivity index (χ0n) is 71.0. The predicted molar refractivity (Wildman–Crippen MR) is 463 cm³/mol. The van der Waals surface area contributed by atoms with E-state index in [1.807, 2.05) is 17.7 Å². The van der Waals surface area contributed by atoms with E-state index in [9.17, 15) is 56.2 Å². The van der Waals surface area contributed by atoms with E-state index < -0.39 is 86.7 Å². The van der Waals surface area contributed by atoms with E-state index in [1.54, 1.807) is 162 Å². The molecular weight excluding hydrogens is 1680 g/mol. The van der Waals surface area contributed by atoms with Gasteiger partial charge in [-0.25, -0.2) is 76.6 Å². The van der Waals surface area contributed by atoms with Gasteiger partial charge in [0.1, 0.15) is 56.6 Å². The number of allylic oxidation sites excluding steroid dienone is 4. The summed E-state index contributed by atoms with van der Waals surface area (Å²) in [7, 11) is 0. The summed E-state index contributed by atoms with van der Waals surface area (Å²) < 4.78 is 86.9. The lowest BCUT2D eigenvalue weighted by atomic mass is 9.80. The van der Waals surface area contributed by atoms with Gasteiger partial charge in [-0.05, 0) is 200 Å². The predicted octanol–water partition coefficient (Wildman–Crippen LogP) is 15.3. The highest BCUT2D eigenvalue weighted by Crippen LogP contribution is 2.47. The van der Waals surface area contributed by atoms with Crippen molar-refractivity contribution in [3.05, 3.63) is 254 Å². The van der Waals surface area contributed by atoms with Crippen LogP contribution in [0.1, 0.15) is 184 Å². The van der Waals surface area contributed by atoms with Crippen LogP contribution in [-0.4, -0.2) is 151 Å². The van der Waals surface area contributed by atoms with Crippen LogP contribution in [0, 0.1) is 29.2 Å².